The van der Waals surface area contributed by atoms with Crippen molar-refractivity contribution in [2.45, 2.75) is 4.21 Å². The first kappa shape index (κ1) is 18.1. The van der Waals surface area contributed by atoms with Crippen LogP contribution >= 0.6 is 11.3 Å². The quantitative estimate of drug-likeness (QED) is 0.717. The van der Waals surface area contributed by atoms with Gasteiger partial charge in [-0.25, -0.2) is 8.42 Å². The van der Waals surface area contributed by atoms with E-state index in [1.54, 1.807) is 48.9 Å². The van der Waals surface area contributed by atoms with E-state index >= 15 is 0 Å². The smallest absolute Gasteiger partial charge is 0.252 e. The zero-order valence-electron chi connectivity index (χ0n) is 13.9. The maximum absolute atomic E-state index is 12.5. The van der Waals surface area contributed by atoms with Crippen LogP contribution in [0.2, 0.25) is 0 Å². The number of benzene rings is 1. The highest BCUT2D eigenvalue weighted by molar-refractivity contribution is 7.91. The first-order chi connectivity index (χ1) is 12.0. The average molecular weight is 380 g/mol. The van der Waals surface area contributed by atoms with Gasteiger partial charge in [0.2, 0.25) is 0 Å². The minimum Gasteiger partial charge on any atom is -0.497 e. The number of methoxy groups -OCH3 is 1. The van der Waals surface area contributed by atoms with Gasteiger partial charge in [0, 0.05) is 31.7 Å². The number of hydrogen-bond donors (Lipinski definition) is 0. The number of carbonyl (C=O) groups excluding carboxylic acids is 1. The summed E-state index contributed by atoms with van der Waals surface area (Å²) in [6, 6.07) is 10.4. The predicted octanol–water partition coefficient (Wildman–Crippen LogP) is 1.95. The number of carbonyl (C=O) groups is 1. The zero-order valence-corrected chi connectivity index (χ0v) is 15.6. The molecule has 0 atom stereocenters. The summed E-state index contributed by atoms with van der Waals surface area (Å²) in [5.41, 5.74) is 0.634. The van der Waals surface area contributed by atoms with E-state index in [9.17, 15) is 13.2 Å². The van der Waals surface area contributed by atoms with Gasteiger partial charge in [-0.3, -0.25) is 9.69 Å². The van der Waals surface area contributed by atoms with E-state index in [1.165, 1.54) is 15.6 Å². The van der Waals surface area contributed by atoms with Crippen molar-refractivity contribution >= 4 is 27.1 Å². The summed E-state index contributed by atoms with van der Waals surface area (Å²) in [6.45, 7) is 2.18. The van der Waals surface area contributed by atoms with Gasteiger partial charge in [-0.05, 0) is 35.7 Å². The summed E-state index contributed by atoms with van der Waals surface area (Å²) in [6.07, 6.45) is 0. The summed E-state index contributed by atoms with van der Waals surface area (Å²) in [7, 11) is -1.82. The number of Topliss-reactive ketones (excluding diaryl/α,β-unsaturated/α-hetero) is 1. The van der Waals surface area contributed by atoms with Crippen LogP contribution in [0.15, 0.2) is 46.0 Å². The van der Waals surface area contributed by atoms with Crippen LogP contribution < -0.4 is 4.74 Å². The topological polar surface area (TPSA) is 66.9 Å². The molecule has 25 heavy (non-hydrogen) atoms. The average Bonchev–Trinajstić information content (AvgIpc) is 3.18. The second-order valence-corrected chi connectivity index (χ2v) is 8.88. The third-order valence-electron chi connectivity index (χ3n) is 4.20. The summed E-state index contributed by atoms with van der Waals surface area (Å²) >= 11 is 1.23. The Hall–Kier alpha value is -1.74. The first-order valence-electron chi connectivity index (χ1n) is 7.94. The lowest BCUT2D eigenvalue weighted by Crippen LogP contribution is -2.49. The van der Waals surface area contributed by atoms with E-state index < -0.39 is 10.0 Å². The van der Waals surface area contributed by atoms with E-state index in [-0.39, 0.29) is 5.78 Å². The Kier molecular flexibility index (Phi) is 5.53. The van der Waals surface area contributed by atoms with Crippen molar-refractivity contribution in [2.75, 3.05) is 39.8 Å². The second-order valence-electron chi connectivity index (χ2n) is 5.76. The van der Waals surface area contributed by atoms with E-state index in [2.05, 4.69) is 0 Å². The van der Waals surface area contributed by atoms with Crippen LogP contribution in [-0.4, -0.2) is 63.2 Å². The molecule has 1 aromatic heterocycles. The van der Waals surface area contributed by atoms with Crippen molar-refractivity contribution in [1.82, 2.24) is 9.21 Å². The number of sulfonamides is 1. The maximum Gasteiger partial charge on any atom is 0.252 e. The minimum absolute atomic E-state index is 0.0252. The molecule has 0 unspecified atom stereocenters. The number of rotatable bonds is 6. The fourth-order valence-electron chi connectivity index (χ4n) is 2.74. The molecule has 1 saturated heterocycles. The Balaban J connectivity index is 1.56. The molecule has 0 radical (unpaired) electrons. The number of thiophene rings is 1. The van der Waals surface area contributed by atoms with Crippen LogP contribution in [0, 0.1) is 0 Å². The van der Waals surface area contributed by atoms with Gasteiger partial charge in [0.15, 0.2) is 5.78 Å². The number of piperazine rings is 1. The molecule has 8 heteroatoms. The lowest BCUT2D eigenvalue weighted by molar-refractivity contribution is 0.0902. The van der Waals surface area contributed by atoms with Gasteiger partial charge in [0.05, 0.1) is 13.7 Å². The Labute approximate surface area is 151 Å². The molecule has 0 N–H and O–H groups in total. The molecule has 3 rings (SSSR count). The molecule has 0 amide bonds. The number of hydrogen-bond acceptors (Lipinski definition) is 6. The molecule has 0 spiro atoms. The number of ether oxygens (including phenoxy) is 1. The summed E-state index contributed by atoms with van der Waals surface area (Å²) in [5, 5.41) is 1.76. The highest BCUT2D eigenvalue weighted by Gasteiger charge is 2.29. The third-order valence-corrected chi connectivity index (χ3v) is 7.47. The molecule has 1 aromatic carbocycles. The van der Waals surface area contributed by atoms with Crippen LogP contribution in [0.25, 0.3) is 0 Å². The first-order valence-corrected chi connectivity index (χ1v) is 10.3. The van der Waals surface area contributed by atoms with Crippen molar-refractivity contribution in [2.24, 2.45) is 0 Å². The second kappa shape index (κ2) is 7.65. The predicted molar refractivity (Wildman–Crippen MR) is 96.8 cm³/mol. The van der Waals surface area contributed by atoms with Gasteiger partial charge in [-0.1, -0.05) is 6.07 Å². The highest BCUT2D eigenvalue weighted by atomic mass is 32.2. The summed E-state index contributed by atoms with van der Waals surface area (Å²) in [4.78, 5) is 14.4. The molecule has 1 aliphatic rings. The van der Waals surface area contributed by atoms with E-state index in [0.29, 0.717) is 48.2 Å². The van der Waals surface area contributed by atoms with E-state index in [4.69, 9.17) is 4.74 Å². The SMILES string of the molecule is COc1ccc(C(=O)CN2CCN(S(=O)(=O)c3cccs3)CC2)cc1. The van der Waals surface area contributed by atoms with Gasteiger partial charge in [-0.15, -0.1) is 11.3 Å². The molecule has 134 valence electrons. The standard InChI is InChI=1S/C17H20N2O4S2/c1-23-15-6-4-14(5-7-15)16(20)13-18-8-10-19(11-9-18)25(21,22)17-3-2-12-24-17/h2-7,12H,8-11,13H2,1H3. The Morgan fingerprint density at radius 1 is 1.12 bits per heavy atom. The largest absolute Gasteiger partial charge is 0.497 e. The summed E-state index contributed by atoms with van der Waals surface area (Å²) < 4.78 is 31.9. The van der Waals surface area contributed by atoms with Gasteiger partial charge in [0.25, 0.3) is 10.0 Å². The molecule has 2 aromatic rings. The van der Waals surface area contributed by atoms with Crippen LogP contribution in [0.1, 0.15) is 10.4 Å². The third kappa shape index (κ3) is 4.09. The normalized spacial score (nSPS) is 16.7. The molecule has 0 aliphatic carbocycles. The van der Waals surface area contributed by atoms with E-state index in [1.807, 2.05) is 4.90 Å². The van der Waals surface area contributed by atoms with Crippen LogP contribution in [0.5, 0.6) is 5.75 Å². The maximum atomic E-state index is 12.5. The Morgan fingerprint density at radius 3 is 2.36 bits per heavy atom. The minimum atomic E-state index is -3.40. The fourth-order valence-corrected chi connectivity index (χ4v) is 5.30. The van der Waals surface area contributed by atoms with Crippen molar-refractivity contribution in [1.29, 1.82) is 0 Å². The molecule has 1 fully saturated rings. The van der Waals surface area contributed by atoms with E-state index in [0.717, 1.165) is 0 Å². The van der Waals surface area contributed by atoms with Gasteiger partial charge in [-0.2, -0.15) is 4.31 Å². The van der Waals surface area contributed by atoms with Crippen molar-refractivity contribution < 1.29 is 17.9 Å². The molecule has 0 bridgehead atoms. The van der Waals surface area contributed by atoms with Crippen molar-refractivity contribution in [3.05, 3.63) is 47.3 Å². The van der Waals surface area contributed by atoms with Crippen LogP contribution in [0.3, 0.4) is 0 Å². The highest BCUT2D eigenvalue weighted by Crippen LogP contribution is 2.22. The molecule has 0 saturated carbocycles. The Morgan fingerprint density at radius 2 is 1.80 bits per heavy atom. The molecule has 6 nitrogen and oxygen atoms in total. The number of ketones is 1. The fraction of sp³-hybridized carbons (Fsp3) is 0.353. The molecular formula is C17H20N2O4S2. The van der Waals surface area contributed by atoms with Crippen LogP contribution in [-0.2, 0) is 10.0 Å². The van der Waals surface area contributed by atoms with Gasteiger partial charge in [0.1, 0.15) is 9.96 Å². The Bertz CT molecular complexity index is 809. The van der Waals surface area contributed by atoms with Crippen molar-refractivity contribution in [3.8, 4) is 5.75 Å². The molecule has 1 aliphatic heterocycles. The van der Waals surface area contributed by atoms with Crippen molar-refractivity contribution in [3.63, 3.8) is 0 Å². The lowest BCUT2D eigenvalue weighted by atomic mass is 10.1. The zero-order chi connectivity index (χ0) is 17.9. The summed E-state index contributed by atoms with van der Waals surface area (Å²) in [5.74, 6) is 0.737. The lowest BCUT2D eigenvalue weighted by Gasteiger charge is -2.33. The monoisotopic (exact) mass is 380 g/mol. The van der Waals surface area contributed by atoms with Crippen LogP contribution in [0.4, 0.5) is 0 Å². The number of nitrogens with zero attached hydrogens (tertiary/aromatic N) is 2. The van der Waals surface area contributed by atoms with Gasteiger partial charge >= 0.3 is 0 Å². The molecular weight excluding hydrogens is 360 g/mol. The van der Waals surface area contributed by atoms with Gasteiger partial charge < -0.3 is 4.74 Å². The molecule has 2 heterocycles.